The maximum Gasteiger partial charge on any atom is 0.204 e. The lowest BCUT2D eigenvalue weighted by Crippen LogP contribution is -2.36. The van der Waals surface area contributed by atoms with Gasteiger partial charge >= 0.3 is 0 Å². The Morgan fingerprint density at radius 3 is 2.70 bits per heavy atom. The molecule has 0 unspecified atom stereocenters. The van der Waals surface area contributed by atoms with Gasteiger partial charge in [-0.2, -0.15) is 0 Å². The minimum Gasteiger partial charge on any atom is -0.507 e. The molecule has 102 valence electrons. The molecule has 1 aliphatic rings. The molecule has 0 saturated carbocycles. The lowest BCUT2D eigenvalue weighted by Gasteiger charge is -2.26. The zero-order valence-corrected chi connectivity index (χ0v) is 11.0. The first-order valence-corrected chi connectivity index (χ1v) is 6.76. The number of hydrogen-bond donors (Lipinski definition) is 2. The van der Waals surface area contributed by atoms with Crippen LogP contribution >= 0.6 is 0 Å². The lowest BCUT2D eigenvalue weighted by molar-refractivity contribution is 0.122. The molecular formula is C15H15N3O2. The number of nitrogens with zero attached hydrogens (tertiary/aromatic N) is 2. The van der Waals surface area contributed by atoms with Gasteiger partial charge in [-0.3, -0.25) is 0 Å². The highest BCUT2D eigenvalue weighted by Crippen LogP contribution is 2.32. The predicted octanol–water partition coefficient (Wildman–Crippen LogP) is 2.26. The summed E-state index contributed by atoms with van der Waals surface area (Å²) in [5.74, 6) is 1.13. The third-order valence-corrected chi connectivity index (χ3v) is 3.77. The topological polar surface area (TPSA) is 61.4 Å². The first kappa shape index (κ1) is 11.5. The number of aromatic nitrogens is 2. The second kappa shape index (κ2) is 4.38. The van der Waals surface area contributed by atoms with Crippen LogP contribution in [0.3, 0.4) is 0 Å². The van der Waals surface area contributed by atoms with Gasteiger partial charge in [-0.25, -0.2) is 4.98 Å². The number of hydrogen-bond acceptors (Lipinski definition) is 4. The molecule has 0 spiro atoms. The van der Waals surface area contributed by atoms with E-state index < -0.39 is 0 Å². The molecule has 0 aliphatic carbocycles. The monoisotopic (exact) mass is 269 g/mol. The number of imidazole rings is 1. The molecule has 5 heteroatoms. The molecule has 2 aromatic carbocycles. The fourth-order valence-electron chi connectivity index (χ4n) is 2.74. The van der Waals surface area contributed by atoms with Crippen molar-refractivity contribution < 1.29 is 9.84 Å². The van der Waals surface area contributed by atoms with Crippen molar-refractivity contribution in [3.8, 4) is 5.75 Å². The minimum atomic E-state index is 0.283. The third kappa shape index (κ3) is 1.71. The Kier molecular flexibility index (Phi) is 2.53. The molecule has 0 bridgehead atoms. The lowest BCUT2D eigenvalue weighted by atomic mass is 10.1. The van der Waals surface area contributed by atoms with E-state index in [4.69, 9.17) is 9.72 Å². The van der Waals surface area contributed by atoms with Crippen molar-refractivity contribution in [2.45, 2.75) is 0 Å². The zero-order valence-electron chi connectivity index (χ0n) is 11.0. The predicted molar refractivity (Wildman–Crippen MR) is 78.3 cm³/mol. The van der Waals surface area contributed by atoms with Crippen LogP contribution in [0.5, 0.6) is 5.75 Å². The van der Waals surface area contributed by atoms with Crippen molar-refractivity contribution in [3.63, 3.8) is 0 Å². The van der Waals surface area contributed by atoms with Gasteiger partial charge in [-0.05, 0) is 0 Å². The highest BCUT2D eigenvalue weighted by molar-refractivity contribution is 6.07. The summed E-state index contributed by atoms with van der Waals surface area (Å²) in [6.45, 7) is 3.12. The summed E-state index contributed by atoms with van der Waals surface area (Å²) in [5, 5.41) is 11.9. The van der Waals surface area contributed by atoms with Crippen LogP contribution in [0, 0.1) is 0 Å². The fourth-order valence-corrected chi connectivity index (χ4v) is 2.74. The average Bonchev–Trinajstić information content (AvgIpc) is 2.93. The standard InChI is InChI=1S/C15H15N3O2/c19-13-9-12-14(11-4-2-1-3-10(11)13)17-15(16-12)18-5-7-20-8-6-18/h1-4,9,19H,5-8H2,(H,16,17). The van der Waals surface area contributed by atoms with Crippen molar-refractivity contribution >= 4 is 27.8 Å². The molecule has 5 nitrogen and oxygen atoms in total. The number of rotatable bonds is 1. The van der Waals surface area contributed by atoms with Gasteiger partial charge in [-0.1, -0.05) is 24.3 Å². The summed E-state index contributed by atoms with van der Waals surface area (Å²) < 4.78 is 5.36. The highest BCUT2D eigenvalue weighted by Gasteiger charge is 2.16. The third-order valence-electron chi connectivity index (χ3n) is 3.77. The number of morpholine rings is 1. The molecule has 4 rings (SSSR count). The Morgan fingerprint density at radius 2 is 1.90 bits per heavy atom. The highest BCUT2D eigenvalue weighted by atomic mass is 16.5. The summed E-state index contributed by atoms with van der Waals surface area (Å²) in [7, 11) is 0. The maximum absolute atomic E-state index is 10.1. The molecule has 1 aliphatic heterocycles. The van der Waals surface area contributed by atoms with Gasteiger partial charge in [0.25, 0.3) is 0 Å². The SMILES string of the molecule is Oc1cc2[nH]c(N3CCOCC3)nc2c2ccccc12. The van der Waals surface area contributed by atoms with E-state index in [9.17, 15) is 5.11 Å². The Morgan fingerprint density at radius 1 is 1.15 bits per heavy atom. The minimum absolute atomic E-state index is 0.283. The first-order chi connectivity index (χ1) is 9.83. The average molecular weight is 269 g/mol. The molecule has 1 fully saturated rings. The number of H-pyrrole nitrogens is 1. The Bertz CT molecular complexity index is 775. The molecule has 2 N–H and O–H groups in total. The number of benzene rings is 2. The van der Waals surface area contributed by atoms with E-state index in [-0.39, 0.29) is 5.75 Å². The zero-order chi connectivity index (χ0) is 13.5. The number of fused-ring (bicyclic) bond motifs is 3. The fraction of sp³-hybridized carbons (Fsp3) is 0.267. The van der Waals surface area contributed by atoms with E-state index in [2.05, 4.69) is 9.88 Å². The van der Waals surface area contributed by atoms with Gasteiger partial charge in [0, 0.05) is 29.9 Å². The van der Waals surface area contributed by atoms with Crippen LogP contribution in [0.25, 0.3) is 21.8 Å². The molecule has 3 aromatic rings. The second-order valence-corrected chi connectivity index (χ2v) is 5.00. The molecule has 0 atom stereocenters. The van der Waals surface area contributed by atoms with Crippen LogP contribution in [0.2, 0.25) is 0 Å². The summed E-state index contributed by atoms with van der Waals surface area (Å²) in [6.07, 6.45) is 0. The van der Waals surface area contributed by atoms with E-state index in [0.717, 1.165) is 54.1 Å². The second-order valence-electron chi connectivity index (χ2n) is 5.00. The number of ether oxygens (including phenoxy) is 1. The van der Waals surface area contributed by atoms with Gasteiger partial charge in [0.05, 0.1) is 24.2 Å². The Balaban J connectivity index is 1.92. The maximum atomic E-state index is 10.1. The first-order valence-electron chi connectivity index (χ1n) is 6.76. The van der Waals surface area contributed by atoms with Crippen LogP contribution < -0.4 is 4.90 Å². The van der Waals surface area contributed by atoms with Crippen molar-refractivity contribution in [1.82, 2.24) is 9.97 Å². The number of anilines is 1. The summed E-state index contributed by atoms with van der Waals surface area (Å²) >= 11 is 0. The van der Waals surface area contributed by atoms with E-state index in [1.807, 2.05) is 24.3 Å². The Hall–Kier alpha value is -2.27. The Labute approximate surface area is 115 Å². The molecule has 0 radical (unpaired) electrons. The summed E-state index contributed by atoms with van der Waals surface area (Å²) in [5.41, 5.74) is 1.77. The number of aromatic amines is 1. The van der Waals surface area contributed by atoms with Gasteiger partial charge < -0.3 is 19.7 Å². The molecule has 0 amide bonds. The van der Waals surface area contributed by atoms with Gasteiger partial charge in [0.1, 0.15) is 5.75 Å². The van der Waals surface area contributed by atoms with Crippen LogP contribution in [0.1, 0.15) is 0 Å². The normalized spacial score (nSPS) is 16.1. The largest absolute Gasteiger partial charge is 0.507 e. The molecule has 2 heterocycles. The number of phenols is 1. The van der Waals surface area contributed by atoms with E-state index in [1.165, 1.54) is 0 Å². The van der Waals surface area contributed by atoms with E-state index in [1.54, 1.807) is 6.07 Å². The number of aromatic hydroxyl groups is 1. The molecule has 1 saturated heterocycles. The van der Waals surface area contributed by atoms with Crippen LogP contribution in [-0.2, 0) is 4.74 Å². The summed E-state index contributed by atoms with van der Waals surface area (Å²) in [4.78, 5) is 10.2. The van der Waals surface area contributed by atoms with Gasteiger partial charge in [0.15, 0.2) is 0 Å². The van der Waals surface area contributed by atoms with Crippen molar-refractivity contribution in [2.24, 2.45) is 0 Å². The van der Waals surface area contributed by atoms with Crippen LogP contribution in [0.4, 0.5) is 5.95 Å². The van der Waals surface area contributed by atoms with Gasteiger partial charge in [0.2, 0.25) is 5.95 Å². The van der Waals surface area contributed by atoms with Crippen LogP contribution in [0.15, 0.2) is 30.3 Å². The van der Waals surface area contributed by atoms with E-state index in [0.29, 0.717) is 0 Å². The number of phenolic OH excluding ortho intramolecular Hbond substituents is 1. The molecule has 20 heavy (non-hydrogen) atoms. The van der Waals surface area contributed by atoms with Crippen molar-refractivity contribution in [1.29, 1.82) is 0 Å². The molecular weight excluding hydrogens is 254 g/mol. The van der Waals surface area contributed by atoms with Crippen molar-refractivity contribution in [2.75, 3.05) is 31.2 Å². The number of nitrogens with one attached hydrogen (secondary N) is 1. The van der Waals surface area contributed by atoms with Gasteiger partial charge in [-0.15, -0.1) is 0 Å². The summed E-state index contributed by atoms with van der Waals surface area (Å²) in [6, 6.07) is 9.52. The quantitative estimate of drug-likeness (QED) is 0.711. The van der Waals surface area contributed by atoms with Crippen molar-refractivity contribution in [3.05, 3.63) is 30.3 Å². The smallest absolute Gasteiger partial charge is 0.204 e. The van der Waals surface area contributed by atoms with E-state index >= 15 is 0 Å². The molecule has 1 aromatic heterocycles. The van der Waals surface area contributed by atoms with Crippen LogP contribution in [-0.4, -0.2) is 41.4 Å².